The Morgan fingerprint density at radius 2 is 0.609 bits per heavy atom. The zero-order valence-electron chi connectivity index (χ0n) is 43.8. The smallest absolute Gasteiger partial charge is 0.306 e. The zero-order valence-corrected chi connectivity index (χ0v) is 43.8. The Bertz CT molecular complexity index is 932. The molecule has 0 spiro atoms. The van der Waals surface area contributed by atoms with Crippen molar-refractivity contribution in [3.05, 3.63) is 12.2 Å². The van der Waals surface area contributed by atoms with Gasteiger partial charge in [0.15, 0.2) is 6.10 Å². The van der Waals surface area contributed by atoms with Crippen molar-refractivity contribution in [1.82, 2.24) is 0 Å². The largest absolute Gasteiger partial charge is 0.462 e. The van der Waals surface area contributed by atoms with Gasteiger partial charge >= 0.3 is 11.9 Å². The summed E-state index contributed by atoms with van der Waals surface area (Å²) >= 11 is 0. The first-order valence-electron chi connectivity index (χ1n) is 29.2. The molecule has 0 saturated heterocycles. The maximum absolute atomic E-state index is 12.8. The van der Waals surface area contributed by atoms with Crippen molar-refractivity contribution in [2.24, 2.45) is 0 Å². The summed E-state index contributed by atoms with van der Waals surface area (Å²) < 4.78 is 17.5. The summed E-state index contributed by atoms with van der Waals surface area (Å²) in [5, 5.41) is 0. The highest BCUT2D eigenvalue weighted by molar-refractivity contribution is 5.70. The first-order valence-corrected chi connectivity index (χ1v) is 29.2. The number of hydrogen-bond acceptors (Lipinski definition) is 5. The normalized spacial score (nSPS) is 12.1. The van der Waals surface area contributed by atoms with Crippen molar-refractivity contribution in [3.63, 3.8) is 0 Å². The Kier molecular flexibility index (Phi) is 54.8. The second kappa shape index (κ2) is 56.0. The number of ether oxygens (including phenoxy) is 3. The van der Waals surface area contributed by atoms with Gasteiger partial charge in [-0.25, -0.2) is 0 Å². The van der Waals surface area contributed by atoms with Gasteiger partial charge in [0.05, 0.1) is 6.61 Å². The first kappa shape index (κ1) is 62.6. The van der Waals surface area contributed by atoms with Gasteiger partial charge in [0.25, 0.3) is 0 Å². The van der Waals surface area contributed by atoms with Crippen LogP contribution in [0.1, 0.15) is 329 Å². The molecule has 0 fully saturated rings. The molecule has 0 aromatic heterocycles. The van der Waals surface area contributed by atoms with Crippen LogP contribution >= 0.6 is 0 Å². The van der Waals surface area contributed by atoms with E-state index < -0.39 is 6.10 Å². The third-order valence-electron chi connectivity index (χ3n) is 13.3. The summed E-state index contributed by atoms with van der Waals surface area (Å²) in [5.74, 6) is -0.375. The quantitative estimate of drug-likeness (QED) is 0.0346. The maximum atomic E-state index is 12.8. The molecule has 0 N–H and O–H groups in total. The fourth-order valence-electron chi connectivity index (χ4n) is 8.92. The molecule has 1 atom stereocenters. The van der Waals surface area contributed by atoms with Gasteiger partial charge in [-0.3, -0.25) is 9.59 Å². The van der Waals surface area contributed by atoms with Crippen LogP contribution in [0, 0.1) is 0 Å². The summed E-state index contributed by atoms with van der Waals surface area (Å²) in [6, 6.07) is 0. The molecule has 1 unspecified atom stereocenters. The van der Waals surface area contributed by atoms with Crippen molar-refractivity contribution in [1.29, 1.82) is 0 Å². The van der Waals surface area contributed by atoms with Gasteiger partial charge in [0.1, 0.15) is 6.61 Å². The van der Waals surface area contributed by atoms with Crippen LogP contribution in [0.5, 0.6) is 0 Å². The lowest BCUT2D eigenvalue weighted by Crippen LogP contribution is -2.30. The van der Waals surface area contributed by atoms with Gasteiger partial charge in [-0.15, -0.1) is 0 Å². The highest BCUT2D eigenvalue weighted by atomic mass is 16.6. The van der Waals surface area contributed by atoms with Gasteiger partial charge in [-0.1, -0.05) is 283 Å². The second-order valence-corrected chi connectivity index (χ2v) is 19.9. The molecule has 0 aliphatic heterocycles. The van der Waals surface area contributed by atoms with Crippen LogP contribution in [-0.4, -0.2) is 37.9 Å². The average molecular weight is 904 g/mol. The first-order chi connectivity index (χ1) is 31.6. The minimum absolute atomic E-state index is 0.0930. The minimum atomic E-state index is -0.528. The summed E-state index contributed by atoms with van der Waals surface area (Å²) in [6.45, 7) is 7.91. The third-order valence-corrected chi connectivity index (χ3v) is 13.3. The standard InChI is InChI=1S/C59H114O5/c1-4-7-10-13-16-19-22-25-28-30-32-34-37-40-43-46-49-52-58(60)63-56-57(55-62-54-51-48-45-42-39-36-33-29-26-23-20-17-14-11-8-5-2)64-59(61)53-50-47-44-41-38-35-31-27-24-21-18-15-12-9-6-3/h25,28,57H,4-24,26-27,29-56H2,1-3H3/b28-25-. The molecule has 0 saturated carbocycles. The van der Waals surface area contributed by atoms with Gasteiger partial charge < -0.3 is 14.2 Å². The van der Waals surface area contributed by atoms with E-state index in [0.29, 0.717) is 26.1 Å². The van der Waals surface area contributed by atoms with E-state index in [0.717, 1.165) is 32.1 Å². The molecule has 5 heteroatoms. The van der Waals surface area contributed by atoms with Crippen LogP contribution < -0.4 is 0 Å². The van der Waals surface area contributed by atoms with Crippen LogP contribution in [0.2, 0.25) is 0 Å². The van der Waals surface area contributed by atoms with E-state index in [1.54, 1.807) is 0 Å². The molecule has 5 nitrogen and oxygen atoms in total. The highest BCUT2D eigenvalue weighted by Crippen LogP contribution is 2.17. The average Bonchev–Trinajstić information content (AvgIpc) is 3.30. The number of carbonyl (C=O) groups is 2. The molecule has 0 heterocycles. The SMILES string of the molecule is CCCCCCCC/C=C\CCCCCCCCCC(=O)OCC(COCCCCCCCCCCCCCCCCCC)OC(=O)CCCCCCCCCCCCCCCCC. The van der Waals surface area contributed by atoms with Crippen molar-refractivity contribution in [3.8, 4) is 0 Å². The molecule has 0 aromatic rings. The molecule has 0 amide bonds. The van der Waals surface area contributed by atoms with Crippen LogP contribution in [-0.2, 0) is 23.8 Å². The van der Waals surface area contributed by atoms with Crippen LogP contribution in [0.4, 0.5) is 0 Å². The fraction of sp³-hybridized carbons (Fsp3) is 0.932. The van der Waals surface area contributed by atoms with E-state index in [4.69, 9.17) is 14.2 Å². The monoisotopic (exact) mass is 903 g/mol. The molecule has 0 aliphatic carbocycles. The van der Waals surface area contributed by atoms with Gasteiger partial charge in [-0.2, -0.15) is 0 Å². The molecule has 0 radical (unpaired) electrons. The van der Waals surface area contributed by atoms with Gasteiger partial charge in [0.2, 0.25) is 0 Å². The number of unbranched alkanes of at least 4 members (excludes halogenated alkanes) is 42. The summed E-state index contributed by atoms with van der Waals surface area (Å²) in [7, 11) is 0. The minimum Gasteiger partial charge on any atom is -0.462 e. The summed E-state index contributed by atoms with van der Waals surface area (Å²) in [4.78, 5) is 25.5. The number of carbonyl (C=O) groups excluding carboxylic acids is 2. The van der Waals surface area contributed by atoms with E-state index in [-0.39, 0.29) is 18.5 Å². The lowest BCUT2D eigenvalue weighted by molar-refractivity contribution is -0.163. The van der Waals surface area contributed by atoms with Crippen molar-refractivity contribution < 1.29 is 23.8 Å². The van der Waals surface area contributed by atoms with Crippen molar-refractivity contribution in [2.45, 2.75) is 335 Å². The van der Waals surface area contributed by atoms with E-state index in [1.165, 1.54) is 263 Å². The van der Waals surface area contributed by atoms with E-state index in [1.807, 2.05) is 0 Å². The predicted octanol–water partition coefficient (Wildman–Crippen LogP) is 19.8. The number of esters is 2. The lowest BCUT2D eigenvalue weighted by atomic mass is 10.0. The molecule has 64 heavy (non-hydrogen) atoms. The van der Waals surface area contributed by atoms with E-state index in [2.05, 4.69) is 32.9 Å². The van der Waals surface area contributed by atoms with Gasteiger partial charge in [0, 0.05) is 19.4 Å². The van der Waals surface area contributed by atoms with E-state index in [9.17, 15) is 9.59 Å². The van der Waals surface area contributed by atoms with Crippen molar-refractivity contribution >= 4 is 11.9 Å². The number of allylic oxidation sites excluding steroid dienone is 2. The van der Waals surface area contributed by atoms with E-state index >= 15 is 0 Å². The van der Waals surface area contributed by atoms with Crippen LogP contribution in [0.25, 0.3) is 0 Å². The molecule has 0 bridgehead atoms. The molecule has 0 aliphatic rings. The Morgan fingerprint density at radius 1 is 0.328 bits per heavy atom. The predicted molar refractivity (Wildman–Crippen MR) is 279 cm³/mol. The van der Waals surface area contributed by atoms with Crippen molar-refractivity contribution in [2.75, 3.05) is 19.8 Å². The topological polar surface area (TPSA) is 61.8 Å². The number of hydrogen-bond donors (Lipinski definition) is 0. The second-order valence-electron chi connectivity index (χ2n) is 19.9. The molecule has 0 rings (SSSR count). The van der Waals surface area contributed by atoms with Gasteiger partial charge in [-0.05, 0) is 44.9 Å². The summed E-state index contributed by atoms with van der Waals surface area (Å²) in [5.41, 5.74) is 0. The lowest BCUT2D eigenvalue weighted by Gasteiger charge is -2.18. The Balaban J connectivity index is 4.21. The molecule has 380 valence electrons. The summed E-state index contributed by atoms with van der Waals surface area (Å²) in [6.07, 6.45) is 65.1. The molecular formula is C59H114O5. The van der Waals surface area contributed by atoms with Crippen LogP contribution in [0.15, 0.2) is 12.2 Å². The fourth-order valence-corrected chi connectivity index (χ4v) is 8.92. The zero-order chi connectivity index (χ0) is 46.3. The van der Waals surface area contributed by atoms with Crippen LogP contribution in [0.3, 0.4) is 0 Å². The third kappa shape index (κ3) is 53.3. The Hall–Kier alpha value is -1.36. The Labute approximate surface area is 401 Å². The maximum Gasteiger partial charge on any atom is 0.306 e. The highest BCUT2D eigenvalue weighted by Gasteiger charge is 2.17. The number of rotatable bonds is 55. The molecule has 0 aromatic carbocycles. The Morgan fingerprint density at radius 3 is 0.953 bits per heavy atom. The molecular weight excluding hydrogens is 789 g/mol.